The van der Waals surface area contributed by atoms with Gasteiger partial charge >= 0.3 is 0 Å². The number of methoxy groups -OCH3 is 1. The summed E-state index contributed by atoms with van der Waals surface area (Å²) in [5.74, 6) is 0.923. The molecule has 0 saturated carbocycles. The average molecular weight is 273 g/mol. The quantitative estimate of drug-likeness (QED) is 0.843. The Labute approximate surface area is 120 Å². The van der Waals surface area contributed by atoms with Gasteiger partial charge in [-0.05, 0) is 25.8 Å². The molecule has 0 unspecified atom stereocenters. The molecule has 0 fully saturated rings. The second-order valence-corrected chi connectivity index (χ2v) is 5.06. The third-order valence-electron chi connectivity index (χ3n) is 3.21. The van der Waals surface area contributed by atoms with Crippen molar-refractivity contribution in [2.45, 2.75) is 26.8 Å². The molecule has 1 heterocycles. The molecule has 20 heavy (non-hydrogen) atoms. The van der Waals surface area contributed by atoms with E-state index >= 15 is 0 Å². The number of benzene rings is 1. The molecule has 0 saturated heterocycles. The second kappa shape index (κ2) is 7.10. The van der Waals surface area contributed by atoms with Crippen molar-refractivity contribution in [1.82, 2.24) is 9.55 Å². The van der Waals surface area contributed by atoms with Gasteiger partial charge in [-0.15, -0.1) is 0 Å². The summed E-state index contributed by atoms with van der Waals surface area (Å²) in [4.78, 5) is 4.51. The molecule has 0 bridgehead atoms. The lowest BCUT2D eigenvalue weighted by molar-refractivity contribution is 0.187. The molecule has 108 valence electrons. The number of nitrogens with zero attached hydrogens (tertiary/aromatic N) is 2. The van der Waals surface area contributed by atoms with Crippen LogP contribution in [0.3, 0.4) is 0 Å². The van der Waals surface area contributed by atoms with Gasteiger partial charge in [0.15, 0.2) is 0 Å². The zero-order valence-corrected chi connectivity index (χ0v) is 12.5. The first kappa shape index (κ1) is 14.6. The van der Waals surface area contributed by atoms with Crippen LogP contribution in [0.25, 0.3) is 0 Å². The molecular formula is C16H23N3O. The van der Waals surface area contributed by atoms with Crippen molar-refractivity contribution in [3.63, 3.8) is 0 Å². The standard InChI is InChI=1S/C16H23N3O/c1-13-5-4-6-15(11-13)7-8-17-16-18-14(2)12-19(16)9-10-20-3/h4-6,11-12H,7-10H2,1-3H3,(H,17,18). The minimum atomic E-state index is 0.697. The number of anilines is 1. The maximum atomic E-state index is 5.12. The third kappa shape index (κ3) is 4.10. The topological polar surface area (TPSA) is 39.1 Å². The minimum absolute atomic E-state index is 0.697. The summed E-state index contributed by atoms with van der Waals surface area (Å²) in [6.07, 6.45) is 3.05. The van der Waals surface area contributed by atoms with E-state index in [1.54, 1.807) is 7.11 Å². The summed E-state index contributed by atoms with van der Waals surface area (Å²) in [6, 6.07) is 8.62. The molecule has 0 aliphatic carbocycles. The molecule has 2 rings (SSSR count). The molecule has 0 atom stereocenters. The number of nitrogens with one attached hydrogen (secondary N) is 1. The van der Waals surface area contributed by atoms with Crippen LogP contribution >= 0.6 is 0 Å². The summed E-state index contributed by atoms with van der Waals surface area (Å²) in [5, 5.41) is 3.41. The van der Waals surface area contributed by atoms with Crippen molar-refractivity contribution in [1.29, 1.82) is 0 Å². The first-order chi connectivity index (χ1) is 9.69. The first-order valence-corrected chi connectivity index (χ1v) is 7.01. The Hall–Kier alpha value is -1.81. The van der Waals surface area contributed by atoms with E-state index in [9.17, 15) is 0 Å². The van der Waals surface area contributed by atoms with Gasteiger partial charge in [-0.25, -0.2) is 4.98 Å². The van der Waals surface area contributed by atoms with Gasteiger partial charge in [0.2, 0.25) is 5.95 Å². The molecule has 4 heteroatoms. The van der Waals surface area contributed by atoms with Gasteiger partial charge in [-0.2, -0.15) is 0 Å². The molecule has 4 nitrogen and oxygen atoms in total. The second-order valence-electron chi connectivity index (χ2n) is 5.06. The Morgan fingerprint density at radius 3 is 2.90 bits per heavy atom. The van der Waals surface area contributed by atoms with Crippen LogP contribution in [-0.2, 0) is 17.7 Å². The van der Waals surface area contributed by atoms with E-state index in [-0.39, 0.29) is 0 Å². The summed E-state index contributed by atoms with van der Waals surface area (Å²) in [7, 11) is 1.72. The van der Waals surface area contributed by atoms with Crippen LogP contribution in [0, 0.1) is 13.8 Å². The van der Waals surface area contributed by atoms with Crippen LogP contribution in [-0.4, -0.2) is 29.8 Å². The molecular weight excluding hydrogens is 250 g/mol. The highest BCUT2D eigenvalue weighted by Gasteiger charge is 2.04. The van der Waals surface area contributed by atoms with Crippen molar-refractivity contribution in [2.24, 2.45) is 0 Å². The molecule has 0 amide bonds. The Morgan fingerprint density at radius 2 is 2.15 bits per heavy atom. The van der Waals surface area contributed by atoms with E-state index in [4.69, 9.17) is 4.74 Å². The molecule has 1 aromatic carbocycles. The van der Waals surface area contributed by atoms with Gasteiger partial charge in [0.1, 0.15) is 0 Å². The van der Waals surface area contributed by atoms with Crippen molar-refractivity contribution in [2.75, 3.05) is 25.6 Å². The molecule has 0 spiro atoms. The van der Waals surface area contributed by atoms with E-state index in [0.29, 0.717) is 6.61 Å². The number of imidazole rings is 1. The Morgan fingerprint density at radius 1 is 1.30 bits per heavy atom. The molecule has 0 aliphatic rings. The van der Waals surface area contributed by atoms with Gasteiger partial charge in [0, 0.05) is 26.4 Å². The van der Waals surface area contributed by atoms with Crippen molar-refractivity contribution < 1.29 is 4.74 Å². The van der Waals surface area contributed by atoms with E-state index in [2.05, 4.69) is 46.1 Å². The van der Waals surface area contributed by atoms with E-state index in [0.717, 1.165) is 31.2 Å². The van der Waals surface area contributed by atoms with Crippen LogP contribution in [0.1, 0.15) is 16.8 Å². The highest BCUT2D eigenvalue weighted by molar-refractivity contribution is 5.30. The maximum Gasteiger partial charge on any atom is 0.203 e. The number of rotatable bonds is 7. The minimum Gasteiger partial charge on any atom is -0.383 e. The highest BCUT2D eigenvalue weighted by atomic mass is 16.5. The third-order valence-corrected chi connectivity index (χ3v) is 3.21. The number of hydrogen-bond donors (Lipinski definition) is 1. The van der Waals surface area contributed by atoms with Crippen LogP contribution in [0.2, 0.25) is 0 Å². The fraction of sp³-hybridized carbons (Fsp3) is 0.438. The number of ether oxygens (including phenoxy) is 1. The smallest absolute Gasteiger partial charge is 0.203 e. The van der Waals surface area contributed by atoms with Crippen molar-refractivity contribution in [3.05, 3.63) is 47.3 Å². The lowest BCUT2D eigenvalue weighted by atomic mass is 10.1. The number of aromatic nitrogens is 2. The van der Waals surface area contributed by atoms with E-state index in [1.807, 2.05) is 13.1 Å². The fourth-order valence-corrected chi connectivity index (χ4v) is 2.23. The lowest BCUT2D eigenvalue weighted by Gasteiger charge is -2.09. The molecule has 0 radical (unpaired) electrons. The highest BCUT2D eigenvalue weighted by Crippen LogP contribution is 2.09. The van der Waals surface area contributed by atoms with Gasteiger partial charge < -0.3 is 14.6 Å². The predicted octanol–water partition coefficient (Wildman–Crippen LogP) is 2.80. The van der Waals surface area contributed by atoms with Gasteiger partial charge in [0.25, 0.3) is 0 Å². The zero-order chi connectivity index (χ0) is 14.4. The lowest BCUT2D eigenvalue weighted by Crippen LogP contribution is -2.12. The predicted molar refractivity (Wildman–Crippen MR) is 82.2 cm³/mol. The summed E-state index contributed by atoms with van der Waals surface area (Å²) in [6.45, 7) is 6.53. The van der Waals surface area contributed by atoms with Gasteiger partial charge in [-0.1, -0.05) is 29.8 Å². The Bertz CT molecular complexity index is 548. The number of hydrogen-bond acceptors (Lipinski definition) is 3. The van der Waals surface area contributed by atoms with Crippen LogP contribution in [0.5, 0.6) is 0 Å². The summed E-state index contributed by atoms with van der Waals surface area (Å²) < 4.78 is 7.23. The van der Waals surface area contributed by atoms with E-state index in [1.165, 1.54) is 11.1 Å². The zero-order valence-electron chi connectivity index (χ0n) is 12.5. The maximum absolute atomic E-state index is 5.12. The van der Waals surface area contributed by atoms with Crippen molar-refractivity contribution >= 4 is 5.95 Å². The van der Waals surface area contributed by atoms with Crippen LogP contribution in [0.4, 0.5) is 5.95 Å². The van der Waals surface area contributed by atoms with E-state index < -0.39 is 0 Å². The van der Waals surface area contributed by atoms with Gasteiger partial charge in [0.05, 0.1) is 12.3 Å². The molecule has 1 N–H and O–H groups in total. The normalized spacial score (nSPS) is 10.8. The fourth-order valence-electron chi connectivity index (χ4n) is 2.23. The molecule has 2 aromatic rings. The summed E-state index contributed by atoms with van der Waals surface area (Å²) in [5.41, 5.74) is 3.68. The van der Waals surface area contributed by atoms with Crippen LogP contribution < -0.4 is 5.32 Å². The number of aryl methyl sites for hydroxylation is 2. The average Bonchev–Trinajstić information content (AvgIpc) is 2.77. The monoisotopic (exact) mass is 273 g/mol. The van der Waals surface area contributed by atoms with Gasteiger partial charge in [-0.3, -0.25) is 0 Å². The van der Waals surface area contributed by atoms with Crippen molar-refractivity contribution in [3.8, 4) is 0 Å². The Kier molecular flexibility index (Phi) is 5.18. The molecule has 0 aliphatic heterocycles. The SMILES string of the molecule is COCCn1cc(C)nc1NCCc1cccc(C)c1. The molecule has 1 aromatic heterocycles. The van der Waals surface area contributed by atoms with Crippen LogP contribution in [0.15, 0.2) is 30.5 Å². The summed E-state index contributed by atoms with van der Waals surface area (Å²) >= 11 is 0. The Balaban J connectivity index is 1.90. The first-order valence-electron chi connectivity index (χ1n) is 7.01. The largest absolute Gasteiger partial charge is 0.383 e.